The van der Waals surface area contributed by atoms with Crippen LogP contribution in [0.3, 0.4) is 0 Å². The van der Waals surface area contributed by atoms with Crippen LogP contribution in [-0.4, -0.2) is 40.2 Å². The highest BCUT2D eigenvalue weighted by atomic mass is 35.5. The molecule has 29 heavy (non-hydrogen) atoms. The number of carbonyl (C=O) groups excluding carboxylic acids is 1. The summed E-state index contributed by atoms with van der Waals surface area (Å²) >= 11 is 11.9. The summed E-state index contributed by atoms with van der Waals surface area (Å²) in [4.78, 5) is 14.6. The van der Waals surface area contributed by atoms with Gasteiger partial charge in [-0.25, -0.2) is 8.42 Å². The fraction of sp³-hybridized carbons (Fsp3) is 0.350. The molecule has 0 aliphatic carbocycles. The molecular weight excluding hydrogens is 433 g/mol. The summed E-state index contributed by atoms with van der Waals surface area (Å²) < 4.78 is 25.3. The average molecular weight is 458 g/mol. The quantitative estimate of drug-likeness (QED) is 0.619. The average Bonchev–Trinajstić information content (AvgIpc) is 2.68. The minimum atomic E-state index is -3.68. The molecule has 0 saturated carbocycles. The summed E-state index contributed by atoms with van der Waals surface area (Å²) in [5.41, 5.74) is 2.32. The number of amides is 1. The number of anilines is 2. The minimum absolute atomic E-state index is 0.214. The highest BCUT2D eigenvalue weighted by Gasteiger charge is 2.21. The fourth-order valence-corrected chi connectivity index (χ4v) is 3.98. The van der Waals surface area contributed by atoms with Crippen LogP contribution >= 0.6 is 23.2 Å². The number of hydrogen-bond acceptors (Lipinski definition) is 4. The van der Waals surface area contributed by atoms with Gasteiger partial charge in [0.05, 0.1) is 22.0 Å². The van der Waals surface area contributed by atoms with Crippen LogP contribution in [0, 0.1) is 0 Å². The summed E-state index contributed by atoms with van der Waals surface area (Å²) in [5, 5.41) is 3.28. The highest BCUT2D eigenvalue weighted by molar-refractivity contribution is 7.92. The lowest BCUT2D eigenvalue weighted by atomic mass is 10.2. The topological polar surface area (TPSA) is 69.7 Å². The van der Waals surface area contributed by atoms with Gasteiger partial charge in [-0.05, 0) is 49.7 Å². The Bertz CT molecular complexity index is 946. The maximum Gasteiger partial charge on any atom is 0.241 e. The molecule has 0 aromatic heterocycles. The Morgan fingerprint density at radius 3 is 2.07 bits per heavy atom. The monoisotopic (exact) mass is 457 g/mol. The third-order valence-corrected chi connectivity index (χ3v) is 6.31. The first kappa shape index (κ1) is 23.3. The molecule has 0 aliphatic rings. The molecule has 0 unspecified atom stereocenters. The first-order chi connectivity index (χ1) is 13.7. The van der Waals surface area contributed by atoms with Crippen molar-refractivity contribution in [2.75, 3.05) is 35.1 Å². The van der Waals surface area contributed by atoms with Gasteiger partial charge in [0.25, 0.3) is 0 Å². The van der Waals surface area contributed by atoms with Gasteiger partial charge in [0.2, 0.25) is 15.9 Å². The molecule has 1 amide bonds. The van der Waals surface area contributed by atoms with Gasteiger partial charge in [0, 0.05) is 25.3 Å². The number of benzene rings is 2. The number of sulfonamides is 1. The van der Waals surface area contributed by atoms with E-state index in [2.05, 4.69) is 24.1 Å². The van der Waals surface area contributed by atoms with Crippen LogP contribution in [-0.2, 0) is 21.4 Å². The molecule has 0 heterocycles. The molecule has 0 atom stereocenters. The van der Waals surface area contributed by atoms with Gasteiger partial charge in [-0.2, -0.15) is 0 Å². The minimum Gasteiger partial charge on any atom is -0.372 e. The van der Waals surface area contributed by atoms with E-state index in [1.807, 2.05) is 24.3 Å². The van der Waals surface area contributed by atoms with Crippen molar-refractivity contribution in [3.63, 3.8) is 0 Å². The molecule has 0 fully saturated rings. The molecule has 0 aliphatic heterocycles. The lowest BCUT2D eigenvalue weighted by Gasteiger charge is -2.22. The number of carbonyl (C=O) groups is 1. The lowest BCUT2D eigenvalue weighted by molar-refractivity contribution is -0.119. The lowest BCUT2D eigenvalue weighted by Crippen LogP contribution is -2.40. The molecule has 0 spiro atoms. The van der Waals surface area contributed by atoms with Crippen molar-refractivity contribution >= 4 is 50.5 Å². The highest BCUT2D eigenvalue weighted by Crippen LogP contribution is 2.28. The van der Waals surface area contributed by atoms with Gasteiger partial charge in [-0.1, -0.05) is 35.3 Å². The van der Waals surface area contributed by atoms with Gasteiger partial charge in [-0.15, -0.1) is 0 Å². The van der Waals surface area contributed by atoms with Crippen molar-refractivity contribution in [2.24, 2.45) is 0 Å². The first-order valence-electron chi connectivity index (χ1n) is 9.19. The maximum absolute atomic E-state index is 12.4. The third-order valence-electron chi connectivity index (χ3n) is 4.43. The van der Waals surface area contributed by atoms with Gasteiger partial charge in [0.15, 0.2) is 0 Å². The molecule has 2 aromatic rings. The standard InChI is InChI=1S/C20H25Cl2N3O3S/c1-4-24(5-2)16-8-6-15(7-9-16)13-23-20(26)14-25(29(3,27)28)17-10-11-18(21)19(22)12-17/h6-12H,4-5,13-14H2,1-3H3,(H,23,26). The number of nitrogens with zero attached hydrogens (tertiary/aromatic N) is 2. The predicted octanol–water partition coefficient (Wildman–Crippen LogP) is 3.92. The molecule has 0 saturated heterocycles. The van der Waals surface area contributed by atoms with E-state index in [1.165, 1.54) is 18.2 Å². The van der Waals surface area contributed by atoms with Gasteiger partial charge in [0.1, 0.15) is 6.54 Å². The number of rotatable bonds is 9. The Hall–Kier alpha value is -1.96. The molecular formula is C20H25Cl2N3O3S. The second kappa shape index (κ2) is 10.2. The second-order valence-corrected chi connectivity index (χ2v) is 9.20. The van der Waals surface area contributed by atoms with E-state index in [-0.39, 0.29) is 17.3 Å². The van der Waals surface area contributed by atoms with Crippen LogP contribution in [0.2, 0.25) is 10.0 Å². The van der Waals surface area contributed by atoms with E-state index in [0.717, 1.165) is 34.9 Å². The van der Waals surface area contributed by atoms with Crippen molar-refractivity contribution < 1.29 is 13.2 Å². The molecule has 0 bridgehead atoms. The van der Waals surface area contributed by atoms with Crippen molar-refractivity contribution in [3.8, 4) is 0 Å². The van der Waals surface area contributed by atoms with Crippen molar-refractivity contribution in [1.82, 2.24) is 5.32 Å². The molecule has 9 heteroatoms. The van der Waals surface area contributed by atoms with E-state index in [9.17, 15) is 13.2 Å². The second-order valence-electron chi connectivity index (χ2n) is 6.48. The smallest absolute Gasteiger partial charge is 0.241 e. The molecule has 2 rings (SSSR count). The number of nitrogens with one attached hydrogen (secondary N) is 1. The molecule has 158 valence electrons. The SMILES string of the molecule is CCN(CC)c1ccc(CNC(=O)CN(c2ccc(Cl)c(Cl)c2)S(C)(=O)=O)cc1. The first-order valence-corrected chi connectivity index (χ1v) is 11.8. The largest absolute Gasteiger partial charge is 0.372 e. The Morgan fingerprint density at radius 1 is 0.966 bits per heavy atom. The zero-order valence-electron chi connectivity index (χ0n) is 16.7. The molecule has 2 aromatic carbocycles. The summed E-state index contributed by atoms with van der Waals surface area (Å²) in [6, 6.07) is 12.3. The Kier molecular flexibility index (Phi) is 8.19. The zero-order valence-corrected chi connectivity index (χ0v) is 19.0. The zero-order chi connectivity index (χ0) is 21.6. The van der Waals surface area contributed by atoms with Crippen LogP contribution in [0.15, 0.2) is 42.5 Å². The molecule has 1 N–H and O–H groups in total. The summed E-state index contributed by atoms with van der Waals surface area (Å²) in [5.74, 6) is -0.422. The van der Waals surface area contributed by atoms with Crippen molar-refractivity contribution in [3.05, 3.63) is 58.1 Å². The van der Waals surface area contributed by atoms with E-state index in [4.69, 9.17) is 23.2 Å². The Labute approximate surface area is 182 Å². The van der Waals surface area contributed by atoms with Gasteiger partial charge < -0.3 is 10.2 Å². The Morgan fingerprint density at radius 2 is 1.55 bits per heavy atom. The van der Waals surface area contributed by atoms with Crippen LogP contribution in [0.1, 0.15) is 19.4 Å². The summed E-state index contributed by atoms with van der Waals surface area (Å²) in [6.45, 7) is 5.98. The van der Waals surface area contributed by atoms with E-state index in [1.54, 1.807) is 0 Å². The number of halogens is 2. The predicted molar refractivity (Wildman–Crippen MR) is 121 cm³/mol. The van der Waals surface area contributed by atoms with Crippen molar-refractivity contribution in [2.45, 2.75) is 20.4 Å². The van der Waals surface area contributed by atoms with Crippen molar-refractivity contribution in [1.29, 1.82) is 0 Å². The van der Waals surface area contributed by atoms with E-state index in [0.29, 0.717) is 11.6 Å². The van der Waals surface area contributed by atoms with Crippen LogP contribution in [0.25, 0.3) is 0 Å². The fourth-order valence-electron chi connectivity index (χ4n) is 2.84. The Balaban J connectivity index is 2.04. The van der Waals surface area contributed by atoms with Gasteiger partial charge in [-0.3, -0.25) is 9.10 Å². The number of hydrogen-bond donors (Lipinski definition) is 1. The normalized spacial score (nSPS) is 11.2. The van der Waals surface area contributed by atoms with Crippen LogP contribution in [0.4, 0.5) is 11.4 Å². The maximum atomic E-state index is 12.4. The van der Waals surface area contributed by atoms with Crippen LogP contribution in [0.5, 0.6) is 0 Å². The molecule has 6 nitrogen and oxygen atoms in total. The molecule has 0 radical (unpaired) electrons. The van der Waals surface area contributed by atoms with Crippen LogP contribution < -0.4 is 14.5 Å². The van der Waals surface area contributed by atoms with Gasteiger partial charge >= 0.3 is 0 Å². The van der Waals surface area contributed by atoms with E-state index >= 15 is 0 Å². The third kappa shape index (κ3) is 6.52. The summed E-state index contributed by atoms with van der Waals surface area (Å²) in [6.07, 6.45) is 1.04. The summed E-state index contributed by atoms with van der Waals surface area (Å²) in [7, 11) is -3.68. The van der Waals surface area contributed by atoms with E-state index < -0.39 is 15.9 Å².